The number of nitrogens with zero attached hydrogens (tertiary/aromatic N) is 3. The number of amides is 1. The van der Waals surface area contributed by atoms with Gasteiger partial charge in [0.15, 0.2) is 0 Å². The number of fused-ring (bicyclic) bond motifs is 1. The zero-order valence-corrected chi connectivity index (χ0v) is 25.1. The lowest BCUT2D eigenvalue weighted by molar-refractivity contribution is 0.00953. The van der Waals surface area contributed by atoms with E-state index >= 15 is 0 Å². The number of esters is 1. The third-order valence-electron chi connectivity index (χ3n) is 7.39. The summed E-state index contributed by atoms with van der Waals surface area (Å²) in [7, 11) is 0. The molecule has 1 aliphatic heterocycles. The second-order valence-electron chi connectivity index (χ2n) is 11.2. The summed E-state index contributed by atoms with van der Waals surface area (Å²) in [5.41, 5.74) is 2.36. The first-order valence-electron chi connectivity index (χ1n) is 14.6. The third kappa shape index (κ3) is 7.43. The Morgan fingerprint density at radius 1 is 1.14 bits per heavy atom. The van der Waals surface area contributed by atoms with Crippen LogP contribution in [0.15, 0.2) is 54.7 Å². The van der Waals surface area contributed by atoms with E-state index in [1.807, 2.05) is 50.2 Å². The summed E-state index contributed by atoms with van der Waals surface area (Å²) in [5.74, 6) is 0.162. The lowest BCUT2D eigenvalue weighted by atomic mass is 9.95. The SMILES string of the molecule is CCCN(CC)CC(C)CNC(=O)c1cnc(Nc2ccc3c(c2)C(C)(C)OC3=O)nc1NC(CO)c1ccccc1. The average Bonchev–Trinajstić information content (AvgIpc) is 3.21. The monoisotopic (exact) mass is 574 g/mol. The van der Waals surface area contributed by atoms with Crippen molar-refractivity contribution in [3.8, 4) is 0 Å². The molecule has 0 fully saturated rings. The average molecular weight is 575 g/mol. The highest BCUT2D eigenvalue weighted by molar-refractivity contribution is 5.99. The molecule has 224 valence electrons. The number of rotatable bonds is 14. The van der Waals surface area contributed by atoms with Crippen LogP contribution in [-0.2, 0) is 10.3 Å². The lowest BCUT2D eigenvalue weighted by Crippen LogP contribution is -2.36. The second kappa shape index (κ2) is 13.8. The Hall–Kier alpha value is -4.02. The molecule has 2 heterocycles. The second-order valence-corrected chi connectivity index (χ2v) is 11.2. The van der Waals surface area contributed by atoms with Crippen LogP contribution in [0.3, 0.4) is 0 Å². The number of aromatic nitrogens is 2. The Kier molecular flexibility index (Phi) is 10.1. The van der Waals surface area contributed by atoms with Gasteiger partial charge in [-0.2, -0.15) is 4.98 Å². The maximum atomic E-state index is 13.4. The molecule has 1 amide bonds. The smallest absolute Gasteiger partial charge is 0.339 e. The maximum Gasteiger partial charge on any atom is 0.339 e. The summed E-state index contributed by atoms with van der Waals surface area (Å²) in [6.07, 6.45) is 2.57. The molecule has 2 unspecified atom stereocenters. The molecular weight excluding hydrogens is 532 g/mol. The Bertz CT molecular complexity index is 1380. The molecule has 10 heteroatoms. The third-order valence-corrected chi connectivity index (χ3v) is 7.39. The predicted molar refractivity (Wildman–Crippen MR) is 164 cm³/mol. The molecule has 2 aromatic carbocycles. The Labute approximate surface area is 247 Å². The van der Waals surface area contributed by atoms with Crippen LogP contribution in [0.25, 0.3) is 0 Å². The van der Waals surface area contributed by atoms with E-state index < -0.39 is 11.6 Å². The van der Waals surface area contributed by atoms with E-state index in [0.29, 0.717) is 23.6 Å². The largest absolute Gasteiger partial charge is 0.451 e. The predicted octanol–water partition coefficient (Wildman–Crippen LogP) is 4.87. The number of cyclic esters (lactones) is 1. The number of aliphatic hydroxyl groups is 1. The van der Waals surface area contributed by atoms with Crippen LogP contribution in [0.4, 0.5) is 17.5 Å². The molecule has 0 radical (unpaired) electrons. The quantitative estimate of drug-likeness (QED) is 0.199. The van der Waals surface area contributed by atoms with Crippen LogP contribution in [0.2, 0.25) is 0 Å². The Balaban J connectivity index is 1.57. The Morgan fingerprint density at radius 2 is 1.90 bits per heavy atom. The van der Waals surface area contributed by atoms with E-state index in [2.05, 4.69) is 51.6 Å². The molecule has 0 saturated carbocycles. The van der Waals surface area contributed by atoms with E-state index in [9.17, 15) is 14.7 Å². The molecule has 4 N–H and O–H groups in total. The highest BCUT2D eigenvalue weighted by Gasteiger charge is 2.37. The van der Waals surface area contributed by atoms with Crippen molar-refractivity contribution in [1.82, 2.24) is 20.2 Å². The summed E-state index contributed by atoms with van der Waals surface area (Å²) in [6, 6.07) is 14.3. The van der Waals surface area contributed by atoms with Gasteiger partial charge in [-0.05, 0) is 63.0 Å². The van der Waals surface area contributed by atoms with Crippen LogP contribution in [0.5, 0.6) is 0 Å². The minimum Gasteiger partial charge on any atom is -0.451 e. The van der Waals surface area contributed by atoms with Crippen LogP contribution in [0.1, 0.15) is 78.9 Å². The van der Waals surface area contributed by atoms with E-state index in [4.69, 9.17) is 4.74 Å². The fourth-order valence-corrected chi connectivity index (χ4v) is 5.13. The van der Waals surface area contributed by atoms with Gasteiger partial charge in [-0.1, -0.05) is 51.1 Å². The van der Waals surface area contributed by atoms with E-state index in [1.165, 1.54) is 6.20 Å². The van der Waals surface area contributed by atoms with Crippen molar-refractivity contribution < 1.29 is 19.4 Å². The van der Waals surface area contributed by atoms with Crippen molar-refractivity contribution in [3.63, 3.8) is 0 Å². The van der Waals surface area contributed by atoms with E-state index in [1.54, 1.807) is 12.1 Å². The molecule has 0 bridgehead atoms. The molecule has 0 aliphatic carbocycles. The van der Waals surface area contributed by atoms with Crippen molar-refractivity contribution in [2.24, 2.45) is 5.92 Å². The van der Waals surface area contributed by atoms with Gasteiger partial charge >= 0.3 is 5.97 Å². The summed E-state index contributed by atoms with van der Waals surface area (Å²) < 4.78 is 5.48. The number of carbonyl (C=O) groups is 2. The maximum absolute atomic E-state index is 13.4. The van der Waals surface area contributed by atoms with Gasteiger partial charge in [-0.15, -0.1) is 0 Å². The number of aliphatic hydroxyl groups excluding tert-OH is 1. The molecule has 1 aromatic heterocycles. The first-order chi connectivity index (χ1) is 20.1. The molecule has 2 atom stereocenters. The van der Waals surface area contributed by atoms with E-state index in [-0.39, 0.29) is 35.9 Å². The van der Waals surface area contributed by atoms with Crippen molar-refractivity contribution in [2.75, 3.05) is 43.4 Å². The summed E-state index contributed by atoms with van der Waals surface area (Å²) in [4.78, 5) is 37.0. The van der Waals surface area contributed by atoms with Crippen LogP contribution < -0.4 is 16.0 Å². The normalized spacial score (nSPS) is 15.1. The van der Waals surface area contributed by atoms with Gasteiger partial charge < -0.3 is 30.7 Å². The van der Waals surface area contributed by atoms with Crippen molar-refractivity contribution >= 4 is 29.3 Å². The van der Waals surface area contributed by atoms with E-state index in [0.717, 1.165) is 37.2 Å². The van der Waals surface area contributed by atoms with Crippen molar-refractivity contribution in [2.45, 2.75) is 52.7 Å². The first-order valence-corrected chi connectivity index (χ1v) is 14.6. The molecule has 1 aliphatic rings. The van der Waals surface area contributed by atoms with Gasteiger partial charge in [0.1, 0.15) is 17.0 Å². The molecule has 10 nitrogen and oxygen atoms in total. The van der Waals surface area contributed by atoms with Gasteiger partial charge in [0.25, 0.3) is 5.91 Å². The lowest BCUT2D eigenvalue weighted by Gasteiger charge is -2.24. The number of hydrogen-bond donors (Lipinski definition) is 4. The van der Waals surface area contributed by atoms with Gasteiger partial charge in [0, 0.05) is 30.5 Å². The minimum atomic E-state index is -0.745. The highest BCUT2D eigenvalue weighted by Crippen LogP contribution is 2.37. The van der Waals surface area contributed by atoms with Crippen molar-refractivity contribution in [3.05, 3.63) is 77.0 Å². The molecule has 3 aromatic rings. The van der Waals surface area contributed by atoms with Gasteiger partial charge in [0.2, 0.25) is 5.95 Å². The molecule has 0 saturated heterocycles. The molecule has 0 spiro atoms. The zero-order chi connectivity index (χ0) is 30.3. The summed E-state index contributed by atoms with van der Waals surface area (Å²) >= 11 is 0. The number of ether oxygens (including phenoxy) is 1. The minimum absolute atomic E-state index is 0.201. The summed E-state index contributed by atoms with van der Waals surface area (Å²) in [5, 5.41) is 19.7. The first kappa shape index (κ1) is 30.9. The number of carbonyl (C=O) groups excluding carboxylic acids is 2. The highest BCUT2D eigenvalue weighted by atomic mass is 16.6. The number of nitrogens with one attached hydrogen (secondary N) is 3. The fourth-order valence-electron chi connectivity index (χ4n) is 5.13. The molecular formula is C32H42N6O4. The van der Waals surface area contributed by atoms with Crippen LogP contribution in [-0.4, -0.2) is 64.6 Å². The van der Waals surface area contributed by atoms with Gasteiger partial charge in [-0.3, -0.25) is 4.79 Å². The Morgan fingerprint density at radius 3 is 2.60 bits per heavy atom. The summed E-state index contributed by atoms with van der Waals surface area (Å²) in [6.45, 7) is 13.3. The number of benzene rings is 2. The molecule has 42 heavy (non-hydrogen) atoms. The van der Waals surface area contributed by atoms with Gasteiger partial charge in [0.05, 0.1) is 18.2 Å². The van der Waals surface area contributed by atoms with Gasteiger partial charge in [-0.25, -0.2) is 9.78 Å². The molecule has 4 rings (SSSR count). The number of hydrogen-bond acceptors (Lipinski definition) is 9. The zero-order valence-electron chi connectivity index (χ0n) is 25.1. The van der Waals surface area contributed by atoms with Crippen LogP contribution >= 0.6 is 0 Å². The topological polar surface area (TPSA) is 129 Å². The van der Waals surface area contributed by atoms with Crippen molar-refractivity contribution in [1.29, 1.82) is 0 Å². The fraction of sp³-hybridized carbons (Fsp3) is 0.438. The standard InChI is InChI=1S/C32H42N6O4/c1-6-15-38(7-2)19-21(3)17-33-29(40)25-18-34-31(37-28(25)36-27(20-39)22-11-9-8-10-12-22)35-23-13-14-24-26(16-23)32(4,5)42-30(24)41/h8-14,16,18,21,27,39H,6-7,15,17,19-20H2,1-5H3,(H,33,40)(H2,34,35,36,37). The number of anilines is 3. The van der Waals surface area contributed by atoms with Crippen LogP contribution in [0, 0.1) is 5.92 Å².